The van der Waals surface area contributed by atoms with Crippen LogP contribution in [-0.4, -0.2) is 0 Å². The Bertz CT molecular complexity index is 129. The van der Waals surface area contributed by atoms with Crippen molar-refractivity contribution in [2.45, 2.75) is 53.9 Å². The lowest BCUT2D eigenvalue weighted by Crippen LogP contribution is -2.02. The third kappa shape index (κ3) is 5.40. The van der Waals surface area contributed by atoms with E-state index in [2.05, 4.69) is 40.7 Å². The van der Waals surface area contributed by atoms with Crippen molar-refractivity contribution in [3.8, 4) is 0 Å². The monoisotopic (exact) mass is 168 g/mol. The van der Waals surface area contributed by atoms with Crippen LogP contribution in [0.3, 0.4) is 0 Å². The number of allylic oxidation sites excluding steroid dienone is 2. The Labute approximate surface area is 78.1 Å². The molecule has 0 fully saturated rings. The summed E-state index contributed by atoms with van der Waals surface area (Å²) in [6.45, 7) is 11.3. The Morgan fingerprint density at radius 3 is 2.08 bits per heavy atom. The number of hydrogen-bond acceptors (Lipinski definition) is 0. The molecule has 0 aromatic carbocycles. The van der Waals surface area contributed by atoms with Crippen LogP contribution in [0, 0.1) is 11.8 Å². The fraction of sp³-hybridized carbons (Fsp3) is 0.833. The van der Waals surface area contributed by atoms with E-state index in [0.29, 0.717) is 0 Å². The van der Waals surface area contributed by atoms with E-state index in [-0.39, 0.29) is 0 Å². The van der Waals surface area contributed by atoms with Gasteiger partial charge in [-0.2, -0.15) is 0 Å². The largest absolute Gasteiger partial charge is 0.0828 e. The Kier molecular flexibility index (Phi) is 6.14. The van der Waals surface area contributed by atoms with Crippen LogP contribution >= 0.6 is 0 Å². The molecule has 0 aromatic heterocycles. The van der Waals surface area contributed by atoms with E-state index in [1.807, 2.05) is 0 Å². The van der Waals surface area contributed by atoms with E-state index in [1.165, 1.54) is 24.8 Å². The van der Waals surface area contributed by atoms with E-state index in [9.17, 15) is 0 Å². The molecule has 0 amide bonds. The van der Waals surface area contributed by atoms with Gasteiger partial charge < -0.3 is 0 Å². The summed E-state index contributed by atoms with van der Waals surface area (Å²) in [5.74, 6) is 1.69. The first-order valence-corrected chi connectivity index (χ1v) is 5.25. The van der Waals surface area contributed by atoms with Crippen molar-refractivity contribution < 1.29 is 0 Å². The van der Waals surface area contributed by atoms with Crippen LogP contribution in [0.2, 0.25) is 0 Å². The molecule has 0 spiro atoms. The van der Waals surface area contributed by atoms with E-state index in [1.54, 1.807) is 0 Å². The smallest absolute Gasteiger partial charge is 0.0231 e. The highest BCUT2D eigenvalue weighted by Gasteiger charge is 2.06. The molecular formula is C12H24. The van der Waals surface area contributed by atoms with Gasteiger partial charge in [-0.15, -0.1) is 0 Å². The van der Waals surface area contributed by atoms with Gasteiger partial charge in [-0.3, -0.25) is 0 Å². The Morgan fingerprint density at radius 2 is 1.75 bits per heavy atom. The second-order valence-electron chi connectivity index (χ2n) is 4.16. The fourth-order valence-corrected chi connectivity index (χ4v) is 1.51. The fourth-order valence-electron chi connectivity index (χ4n) is 1.51. The summed E-state index contributed by atoms with van der Waals surface area (Å²) < 4.78 is 0. The molecule has 0 nitrogen and oxygen atoms in total. The molecule has 0 radical (unpaired) electrons. The lowest BCUT2D eigenvalue weighted by molar-refractivity contribution is 0.426. The number of rotatable bonds is 5. The van der Waals surface area contributed by atoms with Crippen molar-refractivity contribution in [3.63, 3.8) is 0 Å². The third-order valence-electron chi connectivity index (χ3n) is 2.50. The summed E-state index contributed by atoms with van der Waals surface area (Å²) in [6, 6.07) is 0. The minimum atomic E-state index is 0.810. The highest BCUT2D eigenvalue weighted by atomic mass is 14.1. The van der Waals surface area contributed by atoms with Gasteiger partial charge in [0.2, 0.25) is 0 Å². The van der Waals surface area contributed by atoms with Crippen molar-refractivity contribution in [2.24, 2.45) is 11.8 Å². The van der Waals surface area contributed by atoms with Crippen molar-refractivity contribution in [2.75, 3.05) is 0 Å². The summed E-state index contributed by atoms with van der Waals surface area (Å²) in [6.07, 6.45) is 6.38. The molecule has 0 aromatic rings. The minimum Gasteiger partial charge on any atom is -0.0828 e. The van der Waals surface area contributed by atoms with Crippen molar-refractivity contribution in [1.29, 1.82) is 0 Å². The van der Waals surface area contributed by atoms with Gasteiger partial charge in [0.05, 0.1) is 0 Å². The summed E-state index contributed by atoms with van der Waals surface area (Å²) in [5.41, 5.74) is 1.46. The molecule has 2 unspecified atom stereocenters. The third-order valence-corrected chi connectivity index (χ3v) is 2.50. The zero-order valence-corrected chi connectivity index (χ0v) is 9.35. The Balaban J connectivity index is 3.91. The van der Waals surface area contributed by atoms with Crippen LogP contribution in [0.5, 0.6) is 0 Å². The SMILES string of the molecule is CCC(C)CC(C=C(C)C)CC. The molecular weight excluding hydrogens is 144 g/mol. The topological polar surface area (TPSA) is 0 Å². The first-order valence-electron chi connectivity index (χ1n) is 5.25. The predicted molar refractivity (Wildman–Crippen MR) is 57.3 cm³/mol. The van der Waals surface area contributed by atoms with Gasteiger partial charge in [0.1, 0.15) is 0 Å². The molecule has 0 aliphatic heterocycles. The maximum absolute atomic E-state index is 2.42. The minimum absolute atomic E-state index is 0.810. The van der Waals surface area contributed by atoms with Crippen LogP contribution in [-0.2, 0) is 0 Å². The molecule has 0 heteroatoms. The second kappa shape index (κ2) is 6.28. The van der Waals surface area contributed by atoms with Crippen LogP contribution in [0.1, 0.15) is 53.9 Å². The molecule has 2 atom stereocenters. The normalized spacial score (nSPS) is 15.4. The van der Waals surface area contributed by atoms with E-state index >= 15 is 0 Å². The highest BCUT2D eigenvalue weighted by Crippen LogP contribution is 2.20. The highest BCUT2D eigenvalue weighted by molar-refractivity contribution is 4.97. The quantitative estimate of drug-likeness (QED) is 0.533. The molecule has 0 rings (SSSR count). The van der Waals surface area contributed by atoms with Crippen LogP contribution in [0.25, 0.3) is 0 Å². The molecule has 72 valence electrons. The average molecular weight is 168 g/mol. The summed E-state index contributed by atoms with van der Waals surface area (Å²) in [5, 5.41) is 0. The maximum atomic E-state index is 2.42. The second-order valence-corrected chi connectivity index (χ2v) is 4.16. The molecule has 0 saturated heterocycles. The average Bonchev–Trinajstić information content (AvgIpc) is 2.02. The summed E-state index contributed by atoms with van der Waals surface area (Å²) in [7, 11) is 0. The van der Waals surface area contributed by atoms with Gasteiger partial charge in [0, 0.05) is 0 Å². The summed E-state index contributed by atoms with van der Waals surface area (Å²) in [4.78, 5) is 0. The van der Waals surface area contributed by atoms with Gasteiger partial charge in [0.15, 0.2) is 0 Å². The van der Waals surface area contributed by atoms with Gasteiger partial charge in [-0.1, -0.05) is 38.8 Å². The standard InChI is InChI=1S/C12H24/c1-6-11(5)9-12(7-2)8-10(3)4/h8,11-12H,6-7,9H2,1-5H3. The van der Waals surface area contributed by atoms with Gasteiger partial charge in [-0.25, -0.2) is 0 Å². The first kappa shape index (κ1) is 11.7. The number of hydrogen-bond donors (Lipinski definition) is 0. The van der Waals surface area contributed by atoms with Crippen molar-refractivity contribution in [1.82, 2.24) is 0 Å². The molecule has 0 aliphatic rings. The van der Waals surface area contributed by atoms with Gasteiger partial charge in [-0.05, 0) is 38.5 Å². The zero-order valence-electron chi connectivity index (χ0n) is 9.35. The zero-order chi connectivity index (χ0) is 9.56. The van der Waals surface area contributed by atoms with Gasteiger partial charge >= 0.3 is 0 Å². The maximum Gasteiger partial charge on any atom is -0.0231 e. The summed E-state index contributed by atoms with van der Waals surface area (Å²) >= 11 is 0. The molecule has 0 bridgehead atoms. The molecule has 0 heterocycles. The lowest BCUT2D eigenvalue weighted by atomic mass is 9.91. The van der Waals surface area contributed by atoms with Crippen LogP contribution in [0.15, 0.2) is 11.6 Å². The molecule has 0 aliphatic carbocycles. The van der Waals surface area contributed by atoms with Crippen LogP contribution in [0.4, 0.5) is 0 Å². The van der Waals surface area contributed by atoms with E-state index < -0.39 is 0 Å². The molecule has 0 N–H and O–H groups in total. The predicted octanol–water partition coefficient (Wildman–Crippen LogP) is 4.42. The molecule has 0 saturated carbocycles. The van der Waals surface area contributed by atoms with E-state index in [4.69, 9.17) is 0 Å². The molecule has 12 heavy (non-hydrogen) atoms. The first-order chi connectivity index (χ1) is 5.60. The van der Waals surface area contributed by atoms with E-state index in [0.717, 1.165) is 11.8 Å². The van der Waals surface area contributed by atoms with Gasteiger partial charge in [0.25, 0.3) is 0 Å². The Morgan fingerprint density at radius 1 is 1.17 bits per heavy atom. The lowest BCUT2D eigenvalue weighted by Gasteiger charge is -2.15. The Hall–Kier alpha value is -0.260. The van der Waals surface area contributed by atoms with Crippen molar-refractivity contribution in [3.05, 3.63) is 11.6 Å². The van der Waals surface area contributed by atoms with Crippen molar-refractivity contribution >= 4 is 0 Å². The van der Waals surface area contributed by atoms with Crippen LogP contribution < -0.4 is 0 Å².